The molecule has 0 bridgehead atoms. The second-order valence-corrected chi connectivity index (χ2v) is 6.53. The van der Waals surface area contributed by atoms with Crippen LogP contribution in [-0.4, -0.2) is 72.1 Å². The highest BCUT2D eigenvalue weighted by molar-refractivity contribution is 6.51. The average Bonchev–Trinajstić information content (AvgIpc) is 2.99. The Morgan fingerprint density at radius 3 is 2.62 bits per heavy atom. The van der Waals surface area contributed by atoms with Gasteiger partial charge in [-0.05, 0) is 30.6 Å². The van der Waals surface area contributed by atoms with Gasteiger partial charge in [0.2, 0.25) is 0 Å². The van der Waals surface area contributed by atoms with E-state index in [-0.39, 0.29) is 28.8 Å². The fourth-order valence-electron chi connectivity index (χ4n) is 3.07. The number of alkyl halides is 3. The highest BCUT2D eigenvalue weighted by atomic mass is 19.4. The summed E-state index contributed by atoms with van der Waals surface area (Å²) in [6.45, 7) is -0.522. The van der Waals surface area contributed by atoms with Gasteiger partial charge in [0.1, 0.15) is 24.0 Å². The SMILES string of the molecule is CN1CCCC2=CC(=NN=C3N=C(C#N)C(=C=N)N3C)C(=NCC(F)(F)F)C=C21. The molecule has 0 aromatic rings. The van der Waals surface area contributed by atoms with E-state index in [0.717, 1.165) is 30.7 Å². The van der Waals surface area contributed by atoms with Crippen LogP contribution in [0.4, 0.5) is 13.2 Å². The summed E-state index contributed by atoms with van der Waals surface area (Å²) in [6, 6.07) is 1.83. The van der Waals surface area contributed by atoms with Crippen molar-refractivity contribution >= 4 is 29.0 Å². The molecule has 29 heavy (non-hydrogen) atoms. The van der Waals surface area contributed by atoms with E-state index in [1.54, 1.807) is 12.2 Å². The summed E-state index contributed by atoms with van der Waals surface area (Å²) >= 11 is 0. The fourth-order valence-corrected chi connectivity index (χ4v) is 3.07. The van der Waals surface area contributed by atoms with Gasteiger partial charge in [0, 0.05) is 32.2 Å². The van der Waals surface area contributed by atoms with Crippen LogP contribution >= 0.6 is 0 Å². The molecule has 2 aliphatic heterocycles. The molecule has 1 fully saturated rings. The Morgan fingerprint density at radius 1 is 1.24 bits per heavy atom. The minimum atomic E-state index is -4.44. The molecule has 0 spiro atoms. The Hall–Kier alpha value is -3.51. The van der Waals surface area contributed by atoms with Crippen molar-refractivity contribution in [1.82, 2.24) is 9.80 Å². The summed E-state index contributed by atoms with van der Waals surface area (Å²) < 4.78 is 38.1. The Morgan fingerprint density at radius 2 is 2.00 bits per heavy atom. The second-order valence-electron chi connectivity index (χ2n) is 6.53. The quantitative estimate of drug-likeness (QED) is 0.435. The summed E-state index contributed by atoms with van der Waals surface area (Å²) in [5.74, 6) is 2.14. The number of rotatable bonds is 2. The Kier molecular flexibility index (Phi) is 5.48. The van der Waals surface area contributed by atoms with Gasteiger partial charge >= 0.3 is 6.18 Å². The lowest BCUT2D eigenvalue weighted by atomic mass is 9.93. The lowest BCUT2D eigenvalue weighted by Crippen LogP contribution is -2.30. The maximum Gasteiger partial charge on any atom is 0.407 e. The summed E-state index contributed by atoms with van der Waals surface area (Å²) in [5, 5.41) is 24.4. The van der Waals surface area contributed by atoms with Gasteiger partial charge in [0.05, 0.1) is 5.71 Å². The molecule has 0 amide bonds. The summed E-state index contributed by atoms with van der Waals surface area (Å²) in [4.78, 5) is 11.0. The normalized spacial score (nSPS) is 23.7. The van der Waals surface area contributed by atoms with E-state index in [1.165, 1.54) is 11.9 Å². The van der Waals surface area contributed by atoms with Gasteiger partial charge in [-0.1, -0.05) is 0 Å². The van der Waals surface area contributed by atoms with Crippen LogP contribution in [0, 0.1) is 16.7 Å². The maximum atomic E-state index is 12.7. The molecule has 0 radical (unpaired) electrons. The number of hydrogen-bond donors (Lipinski definition) is 1. The van der Waals surface area contributed by atoms with Gasteiger partial charge in [0.25, 0.3) is 5.96 Å². The van der Waals surface area contributed by atoms with Crippen molar-refractivity contribution in [1.29, 1.82) is 10.7 Å². The number of fused-ring (bicyclic) bond motifs is 1. The van der Waals surface area contributed by atoms with E-state index in [4.69, 9.17) is 10.7 Å². The Balaban J connectivity index is 2.01. The van der Waals surface area contributed by atoms with Crippen molar-refractivity contribution in [3.05, 3.63) is 29.1 Å². The topological polar surface area (TPSA) is 104 Å². The van der Waals surface area contributed by atoms with Crippen LogP contribution in [-0.2, 0) is 0 Å². The third-order valence-electron chi connectivity index (χ3n) is 4.50. The van der Waals surface area contributed by atoms with E-state index in [0.29, 0.717) is 0 Å². The first-order valence-electron chi connectivity index (χ1n) is 8.67. The number of piperidine rings is 1. The highest BCUT2D eigenvalue weighted by Crippen LogP contribution is 2.28. The largest absolute Gasteiger partial charge is 0.407 e. The van der Waals surface area contributed by atoms with E-state index in [1.807, 2.05) is 18.0 Å². The van der Waals surface area contributed by atoms with Crippen LogP contribution in [0.3, 0.4) is 0 Å². The van der Waals surface area contributed by atoms with Crippen molar-refractivity contribution < 1.29 is 13.2 Å². The fraction of sp³-hybridized carbons (Fsp3) is 0.389. The molecule has 0 saturated carbocycles. The van der Waals surface area contributed by atoms with E-state index < -0.39 is 12.7 Å². The molecule has 1 N–H and O–H groups in total. The minimum Gasteiger partial charge on any atom is -0.374 e. The molecule has 11 heteroatoms. The van der Waals surface area contributed by atoms with Crippen molar-refractivity contribution in [2.45, 2.75) is 19.0 Å². The highest BCUT2D eigenvalue weighted by Gasteiger charge is 2.29. The van der Waals surface area contributed by atoms with Gasteiger partial charge in [-0.25, -0.2) is 0 Å². The summed E-state index contributed by atoms with van der Waals surface area (Å²) in [7, 11) is 3.41. The number of allylic oxidation sites excluding steroid dienone is 4. The molecule has 0 atom stereocenters. The number of guanidine groups is 1. The van der Waals surface area contributed by atoms with E-state index in [9.17, 15) is 13.2 Å². The Labute approximate surface area is 165 Å². The third kappa shape index (κ3) is 4.33. The molecule has 0 aromatic heterocycles. The number of hydrogen-bond acceptors (Lipinski definition) is 6. The molecule has 2 heterocycles. The zero-order chi connectivity index (χ0) is 21.2. The predicted molar refractivity (Wildman–Crippen MR) is 103 cm³/mol. The molecule has 3 aliphatic rings. The van der Waals surface area contributed by atoms with Crippen LogP contribution in [0.1, 0.15) is 12.8 Å². The zero-order valence-electron chi connectivity index (χ0n) is 15.7. The average molecular weight is 402 g/mol. The number of likely N-dealkylation sites (N-methyl/N-ethyl adjacent to an activating group) is 1. The van der Waals surface area contributed by atoms with Crippen LogP contribution in [0.25, 0.3) is 0 Å². The van der Waals surface area contributed by atoms with Crippen molar-refractivity contribution in [2.24, 2.45) is 20.2 Å². The molecule has 0 aromatic carbocycles. The lowest BCUT2D eigenvalue weighted by molar-refractivity contribution is -0.118. The van der Waals surface area contributed by atoms with Crippen molar-refractivity contribution in [3.8, 4) is 6.07 Å². The monoisotopic (exact) mass is 402 g/mol. The first-order valence-corrected chi connectivity index (χ1v) is 8.67. The summed E-state index contributed by atoms with van der Waals surface area (Å²) in [6.07, 6.45) is 0.524. The smallest absolute Gasteiger partial charge is 0.374 e. The molecular formula is C18H17F3N8. The number of aliphatic imine (C=N–C) groups is 2. The second kappa shape index (κ2) is 7.85. The van der Waals surface area contributed by atoms with Gasteiger partial charge in [-0.15, -0.1) is 10.2 Å². The molecule has 1 saturated heterocycles. The number of likely N-dealkylation sites (tertiary alicyclic amines) is 1. The van der Waals surface area contributed by atoms with Crippen LogP contribution in [0.5, 0.6) is 0 Å². The maximum absolute atomic E-state index is 12.7. The predicted octanol–water partition coefficient (Wildman–Crippen LogP) is 2.29. The van der Waals surface area contributed by atoms with Crippen molar-refractivity contribution in [3.63, 3.8) is 0 Å². The van der Waals surface area contributed by atoms with E-state index in [2.05, 4.69) is 26.1 Å². The van der Waals surface area contributed by atoms with Crippen molar-refractivity contribution in [2.75, 3.05) is 27.2 Å². The summed E-state index contributed by atoms with van der Waals surface area (Å²) in [5.41, 5.74) is 2.13. The first kappa shape index (κ1) is 20.2. The molecule has 0 unspecified atom stereocenters. The number of nitriles is 1. The van der Waals surface area contributed by atoms with Crippen LogP contribution < -0.4 is 0 Å². The first-order chi connectivity index (χ1) is 13.7. The number of nitrogens with one attached hydrogen (secondary N) is 1. The lowest BCUT2D eigenvalue weighted by Gasteiger charge is -2.32. The molecule has 1 aliphatic carbocycles. The molecule has 150 valence electrons. The number of halogens is 3. The van der Waals surface area contributed by atoms with E-state index >= 15 is 0 Å². The minimum absolute atomic E-state index is 0.0351. The molecule has 3 rings (SSSR count). The third-order valence-corrected chi connectivity index (χ3v) is 4.50. The molecule has 8 nitrogen and oxygen atoms in total. The zero-order valence-corrected chi connectivity index (χ0v) is 15.7. The molecular weight excluding hydrogens is 385 g/mol. The van der Waals surface area contributed by atoms with Gasteiger partial charge in [-0.2, -0.15) is 23.4 Å². The Bertz CT molecular complexity index is 997. The number of nitrogens with zero attached hydrogens (tertiary/aromatic N) is 7. The van der Waals surface area contributed by atoms with Crippen LogP contribution in [0.2, 0.25) is 0 Å². The van der Waals surface area contributed by atoms with Gasteiger partial charge < -0.3 is 9.80 Å². The van der Waals surface area contributed by atoms with Gasteiger partial charge in [0.15, 0.2) is 5.71 Å². The standard InChI is InChI=1S/C18H17F3N8/c1-28-5-3-4-11-6-13(12(7-15(11)28)24-10-18(19,20)21)26-27-17-25-14(8-22)16(9-23)29(17)2/h6-7,23H,3-5,10H2,1-2H3. The van der Waals surface area contributed by atoms with Crippen LogP contribution in [0.15, 0.2) is 49.3 Å². The van der Waals surface area contributed by atoms with Gasteiger partial charge in [-0.3, -0.25) is 10.4 Å².